The van der Waals surface area contributed by atoms with Crippen LogP contribution in [0.1, 0.15) is 6.92 Å². The Balaban J connectivity index is 3.04. The van der Waals surface area contributed by atoms with Gasteiger partial charge in [-0.3, -0.25) is 0 Å². The lowest BCUT2D eigenvalue weighted by molar-refractivity contribution is 0.336. The summed E-state index contributed by atoms with van der Waals surface area (Å²) in [5, 5.41) is 0. The van der Waals surface area contributed by atoms with Crippen LogP contribution in [0.5, 0.6) is 5.75 Å². The Kier molecular flexibility index (Phi) is 2.47. The fraction of sp³-hybridized carbons (Fsp3) is 0.250. The van der Waals surface area contributed by atoms with E-state index in [4.69, 9.17) is 10.5 Å². The summed E-state index contributed by atoms with van der Waals surface area (Å²) in [6.45, 7) is 2.09. The fourth-order valence-corrected chi connectivity index (χ4v) is 0.811. The average Bonchev–Trinajstić information content (AvgIpc) is 2.01. The molecule has 0 radical (unpaired) electrons. The molecule has 0 saturated carbocycles. The molecular weight excluding hydrogens is 164 g/mol. The van der Waals surface area contributed by atoms with Crippen molar-refractivity contribution in [3.8, 4) is 5.75 Å². The standard InChI is InChI=1S/C8H9F2NO/c1-2-12-5-3-6(9)8(11)7(10)4-5/h3-4H,2,11H2,1H3. The van der Waals surface area contributed by atoms with E-state index in [1.54, 1.807) is 6.92 Å². The van der Waals surface area contributed by atoms with Gasteiger partial charge in [0, 0.05) is 12.1 Å². The quantitative estimate of drug-likeness (QED) is 0.693. The third-order valence-electron chi connectivity index (χ3n) is 1.36. The second kappa shape index (κ2) is 3.38. The molecule has 4 heteroatoms. The molecule has 0 aliphatic carbocycles. The predicted molar refractivity (Wildman–Crippen MR) is 41.9 cm³/mol. The van der Waals surface area contributed by atoms with Crippen LogP contribution < -0.4 is 10.5 Å². The first-order chi connectivity index (χ1) is 5.65. The highest BCUT2D eigenvalue weighted by atomic mass is 19.1. The Morgan fingerprint density at radius 1 is 1.33 bits per heavy atom. The number of hydrogen-bond acceptors (Lipinski definition) is 2. The first-order valence-corrected chi connectivity index (χ1v) is 3.52. The third kappa shape index (κ3) is 1.64. The maximum absolute atomic E-state index is 12.7. The number of anilines is 1. The smallest absolute Gasteiger partial charge is 0.152 e. The van der Waals surface area contributed by atoms with E-state index in [1.807, 2.05) is 0 Å². The van der Waals surface area contributed by atoms with Crippen molar-refractivity contribution in [2.75, 3.05) is 12.3 Å². The highest BCUT2D eigenvalue weighted by molar-refractivity contribution is 5.45. The molecule has 0 saturated heterocycles. The van der Waals surface area contributed by atoms with E-state index in [-0.39, 0.29) is 5.75 Å². The zero-order chi connectivity index (χ0) is 9.14. The molecule has 0 spiro atoms. The number of benzene rings is 1. The van der Waals surface area contributed by atoms with E-state index >= 15 is 0 Å². The summed E-state index contributed by atoms with van der Waals surface area (Å²) < 4.78 is 30.3. The minimum absolute atomic E-state index is 0.154. The number of hydrogen-bond donors (Lipinski definition) is 1. The lowest BCUT2D eigenvalue weighted by atomic mass is 10.3. The average molecular weight is 173 g/mol. The van der Waals surface area contributed by atoms with Gasteiger partial charge in [0.05, 0.1) is 6.61 Å². The molecule has 0 aliphatic heterocycles. The number of halogens is 2. The van der Waals surface area contributed by atoms with Crippen LogP contribution in [0, 0.1) is 11.6 Å². The van der Waals surface area contributed by atoms with Gasteiger partial charge in [-0.1, -0.05) is 0 Å². The van der Waals surface area contributed by atoms with E-state index in [1.165, 1.54) is 0 Å². The summed E-state index contributed by atoms with van der Waals surface area (Å²) >= 11 is 0. The lowest BCUT2D eigenvalue weighted by Gasteiger charge is -2.04. The monoisotopic (exact) mass is 173 g/mol. The summed E-state index contributed by atoms with van der Waals surface area (Å²) in [5.74, 6) is -1.43. The highest BCUT2D eigenvalue weighted by Gasteiger charge is 2.07. The minimum atomic E-state index is -0.793. The van der Waals surface area contributed by atoms with Crippen LogP contribution in [-0.4, -0.2) is 6.61 Å². The molecule has 66 valence electrons. The Hall–Kier alpha value is -1.32. The molecule has 12 heavy (non-hydrogen) atoms. The van der Waals surface area contributed by atoms with Gasteiger partial charge in [-0.25, -0.2) is 8.78 Å². The first-order valence-electron chi connectivity index (χ1n) is 3.52. The molecule has 0 amide bonds. The van der Waals surface area contributed by atoms with Crippen LogP contribution in [0.2, 0.25) is 0 Å². The van der Waals surface area contributed by atoms with Crippen molar-refractivity contribution in [2.45, 2.75) is 6.92 Å². The zero-order valence-corrected chi connectivity index (χ0v) is 6.60. The van der Waals surface area contributed by atoms with Crippen LogP contribution in [0.25, 0.3) is 0 Å². The van der Waals surface area contributed by atoms with Gasteiger partial charge in [0.25, 0.3) is 0 Å². The maximum Gasteiger partial charge on any atom is 0.152 e. The van der Waals surface area contributed by atoms with Crippen LogP contribution in [0.3, 0.4) is 0 Å². The fourth-order valence-electron chi connectivity index (χ4n) is 0.811. The molecule has 0 unspecified atom stereocenters. The summed E-state index contributed by atoms with van der Waals surface area (Å²) in [5.41, 5.74) is 4.57. The van der Waals surface area contributed by atoms with Crippen molar-refractivity contribution < 1.29 is 13.5 Å². The Morgan fingerprint density at radius 2 is 1.83 bits per heavy atom. The van der Waals surface area contributed by atoms with Crippen molar-refractivity contribution >= 4 is 5.69 Å². The molecule has 0 atom stereocenters. The Bertz CT molecular complexity index is 265. The highest BCUT2D eigenvalue weighted by Crippen LogP contribution is 2.21. The maximum atomic E-state index is 12.7. The molecule has 2 nitrogen and oxygen atoms in total. The molecule has 1 aromatic carbocycles. The van der Waals surface area contributed by atoms with Gasteiger partial charge in [-0.2, -0.15) is 0 Å². The minimum Gasteiger partial charge on any atom is -0.494 e. The molecule has 2 N–H and O–H groups in total. The summed E-state index contributed by atoms with van der Waals surface area (Å²) in [6.07, 6.45) is 0. The second-order valence-corrected chi connectivity index (χ2v) is 2.23. The normalized spacial score (nSPS) is 9.92. The molecule has 0 heterocycles. The first kappa shape index (κ1) is 8.77. The van der Waals surface area contributed by atoms with Gasteiger partial charge < -0.3 is 10.5 Å². The lowest BCUT2D eigenvalue weighted by Crippen LogP contribution is -1.98. The van der Waals surface area contributed by atoms with E-state index in [9.17, 15) is 8.78 Å². The van der Waals surface area contributed by atoms with Gasteiger partial charge in [0.2, 0.25) is 0 Å². The SMILES string of the molecule is CCOc1cc(F)c(N)c(F)c1. The van der Waals surface area contributed by atoms with Crippen LogP contribution in [0.15, 0.2) is 12.1 Å². The van der Waals surface area contributed by atoms with Crippen molar-refractivity contribution in [3.63, 3.8) is 0 Å². The molecule has 0 bridgehead atoms. The van der Waals surface area contributed by atoms with E-state index in [2.05, 4.69) is 0 Å². The molecule has 0 fully saturated rings. The van der Waals surface area contributed by atoms with Crippen molar-refractivity contribution in [1.29, 1.82) is 0 Å². The zero-order valence-electron chi connectivity index (χ0n) is 6.60. The van der Waals surface area contributed by atoms with E-state index in [0.717, 1.165) is 12.1 Å². The van der Waals surface area contributed by atoms with Gasteiger partial charge in [-0.05, 0) is 6.92 Å². The number of nitrogen functional groups attached to an aromatic ring is 1. The molecule has 1 aromatic rings. The molecular formula is C8H9F2NO. The summed E-state index contributed by atoms with van der Waals surface area (Å²) in [4.78, 5) is 0. The third-order valence-corrected chi connectivity index (χ3v) is 1.36. The summed E-state index contributed by atoms with van der Waals surface area (Å²) in [6, 6.07) is 2.11. The largest absolute Gasteiger partial charge is 0.494 e. The van der Waals surface area contributed by atoms with Gasteiger partial charge >= 0.3 is 0 Å². The Labute approximate surface area is 68.9 Å². The topological polar surface area (TPSA) is 35.2 Å². The number of ether oxygens (including phenoxy) is 1. The Morgan fingerprint density at radius 3 is 2.25 bits per heavy atom. The van der Waals surface area contributed by atoms with Gasteiger partial charge in [0.15, 0.2) is 11.6 Å². The van der Waals surface area contributed by atoms with Gasteiger partial charge in [-0.15, -0.1) is 0 Å². The number of nitrogens with two attached hydrogens (primary N) is 1. The van der Waals surface area contributed by atoms with Crippen LogP contribution in [0.4, 0.5) is 14.5 Å². The van der Waals surface area contributed by atoms with E-state index < -0.39 is 17.3 Å². The predicted octanol–water partition coefficient (Wildman–Crippen LogP) is 1.95. The summed E-state index contributed by atoms with van der Waals surface area (Å²) in [7, 11) is 0. The second-order valence-electron chi connectivity index (χ2n) is 2.23. The van der Waals surface area contributed by atoms with E-state index in [0.29, 0.717) is 6.61 Å². The molecule has 1 rings (SSSR count). The number of rotatable bonds is 2. The van der Waals surface area contributed by atoms with Gasteiger partial charge in [0.1, 0.15) is 11.4 Å². The van der Waals surface area contributed by atoms with Crippen LogP contribution >= 0.6 is 0 Å². The molecule has 0 aliphatic rings. The van der Waals surface area contributed by atoms with Crippen molar-refractivity contribution in [1.82, 2.24) is 0 Å². The van der Waals surface area contributed by atoms with Crippen molar-refractivity contribution in [3.05, 3.63) is 23.8 Å². The van der Waals surface area contributed by atoms with Crippen molar-refractivity contribution in [2.24, 2.45) is 0 Å². The van der Waals surface area contributed by atoms with Crippen LogP contribution in [-0.2, 0) is 0 Å². The molecule has 0 aromatic heterocycles.